The number of rotatable bonds is 3. The van der Waals surface area contributed by atoms with Crippen molar-refractivity contribution in [2.24, 2.45) is 0 Å². The molecule has 1 N–H and O–H groups in total. The summed E-state index contributed by atoms with van der Waals surface area (Å²) >= 11 is 0. The first-order valence-electron chi connectivity index (χ1n) is 8.61. The Morgan fingerprint density at radius 3 is 2.57 bits per heavy atom. The van der Waals surface area contributed by atoms with Crippen LogP contribution >= 0.6 is 0 Å². The first-order valence-corrected chi connectivity index (χ1v) is 8.61. The first kappa shape index (κ1) is 17.4. The van der Waals surface area contributed by atoms with Gasteiger partial charge in [-0.2, -0.15) is 0 Å². The summed E-state index contributed by atoms with van der Waals surface area (Å²) in [7, 11) is 0. The Kier molecular flexibility index (Phi) is 4.51. The highest BCUT2D eigenvalue weighted by Gasteiger charge is 2.37. The topological polar surface area (TPSA) is 79.4 Å². The van der Waals surface area contributed by atoms with Crippen LogP contribution in [-0.2, 0) is 9.59 Å². The summed E-state index contributed by atoms with van der Waals surface area (Å²) in [5.41, 5.74) is 1.21. The van der Waals surface area contributed by atoms with Gasteiger partial charge in [0.15, 0.2) is 0 Å². The van der Waals surface area contributed by atoms with Crippen LogP contribution in [0.25, 0.3) is 16.8 Å². The fraction of sp³-hybridized carbons (Fsp3) is 0. The molecule has 0 bridgehead atoms. The Hall–Kier alpha value is -4.06. The number of imide groups is 2. The van der Waals surface area contributed by atoms with Gasteiger partial charge in [-0.1, -0.05) is 54.6 Å². The van der Waals surface area contributed by atoms with Crippen molar-refractivity contribution in [3.8, 4) is 0 Å². The molecule has 3 aromatic rings. The molecule has 4 rings (SSSR count). The molecule has 1 aliphatic rings. The molecule has 1 aromatic heterocycles. The smallest absolute Gasteiger partial charge is 0.273 e. The van der Waals surface area contributed by atoms with Crippen LogP contribution in [0.15, 0.2) is 84.7 Å². The number of hydrogen-bond donors (Lipinski definition) is 1. The van der Waals surface area contributed by atoms with E-state index in [0.29, 0.717) is 11.1 Å². The van der Waals surface area contributed by atoms with E-state index in [4.69, 9.17) is 0 Å². The molecule has 4 amide bonds. The fourth-order valence-electron chi connectivity index (χ4n) is 3.02. The van der Waals surface area contributed by atoms with Gasteiger partial charge < -0.3 is 0 Å². The number of fused-ring (bicyclic) bond motifs is 1. The van der Waals surface area contributed by atoms with Gasteiger partial charge in [0.2, 0.25) is 0 Å². The maximum Gasteiger partial charge on any atom is 0.335 e. The predicted octanol–water partition coefficient (Wildman–Crippen LogP) is 3.46. The molecular weight excluding hydrogens is 354 g/mol. The van der Waals surface area contributed by atoms with E-state index in [2.05, 4.69) is 10.3 Å². The van der Waals surface area contributed by atoms with Gasteiger partial charge in [0.25, 0.3) is 11.8 Å². The maximum atomic E-state index is 13.0. The molecule has 28 heavy (non-hydrogen) atoms. The zero-order valence-electron chi connectivity index (χ0n) is 14.7. The van der Waals surface area contributed by atoms with Crippen LogP contribution in [0.5, 0.6) is 0 Å². The second-order valence-corrected chi connectivity index (χ2v) is 6.12. The highest BCUT2D eigenvalue weighted by atomic mass is 16.2. The average Bonchev–Trinajstić information content (AvgIpc) is 2.71. The lowest BCUT2D eigenvalue weighted by Gasteiger charge is -2.27. The van der Waals surface area contributed by atoms with Crippen molar-refractivity contribution < 1.29 is 14.4 Å². The highest BCUT2D eigenvalue weighted by molar-refractivity contribution is 6.38. The van der Waals surface area contributed by atoms with Crippen molar-refractivity contribution in [3.63, 3.8) is 0 Å². The van der Waals surface area contributed by atoms with Crippen molar-refractivity contribution in [3.05, 3.63) is 90.3 Å². The molecule has 2 heterocycles. The Morgan fingerprint density at radius 2 is 1.75 bits per heavy atom. The second-order valence-electron chi connectivity index (χ2n) is 6.12. The summed E-state index contributed by atoms with van der Waals surface area (Å²) in [6.45, 7) is 0. The summed E-state index contributed by atoms with van der Waals surface area (Å²) in [4.78, 5) is 42.6. The van der Waals surface area contributed by atoms with Crippen molar-refractivity contribution in [2.75, 3.05) is 4.90 Å². The third kappa shape index (κ3) is 3.19. The number of allylic oxidation sites excluding steroid dienone is 2. The number of urea groups is 1. The molecule has 0 unspecified atom stereocenters. The second kappa shape index (κ2) is 7.28. The normalized spacial score (nSPS) is 16.2. The minimum atomic E-state index is -0.775. The summed E-state index contributed by atoms with van der Waals surface area (Å²) < 4.78 is 0. The number of carbonyl (C=O) groups excluding carboxylic acids is 3. The van der Waals surface area contributed by atoms with Crippen LogP contribution in [0, 0.1) is 0 Å². The number of pyridine rings is 1. The number of carbonyl (C=O) groups is 3. The van der Waals surface area contributed by atoms with Gasteiger partial charge in [0, 0.05) is 23.2 Å². The molecule has 2 aromatic carbocycles. The van der Waals surface area contributed by atoms with E-state index in [9.17, 15) is 14.4 Å². The van der Waals surface area contributed by atoms with Gasteiger partial charge in [-0.3, -0.25) is 19.9 Å². The summed E-state index contributed by atoms with van der Waals surface area (Å²) in [6, 6.07) is 15.7. The van der Waals surface area contributed by atoms with E-state index in [-0.39, 0.29) is 5.57 Å². The minimum absolute atomic E-state index is 0.113. The van der Waals surface area contributed by atoms with Crippen LogP contribution in [-0.4, -0.2) is 22.8 Å². The molecule has 0 saturated carbocycles. The molecule has 1 aliphatic heterocycles. The zero-order valence-corrected chi connectivity index (χ0v) is 14.7. The SMILES string of the molecule is O=C1NC(=O)N(c2cccc3cnccc23)C(=O)C1=CC=Cc1ccccc1. The number of benzene rings is 2. The van der Waals surface area contributed by atoms with E-state index in [1.807, 2.05) is 36.4 Å². The van der Waals surface area contributed by atoms with Gasteiger partial charge >= 0.3 is 6.03 Å². The molecule has 6 heteroatoms. The Bertz CT molecular complexity index is 1140. The first-order chi connectivity index (χ1) is 13.6. The van der Waals surface area contributed by atoms with Gasteiger partial charge in [-0.25, -0.2) is 9.69 Å². The number of anilines is 1. The lowest BCUT2D eigenvalue weighted by atomic mass is 10.1. The van der Waals surface area contributed by atoms with Crippen LogP contribution in [0.4, 0.5) is 10.5 Å². The minimum Gasteiger partial charge on any atom is -0.273 e. The van der Waals surface area contributed by atoms with E-state index < -0.39 is 17.8 Å². The van der Waals surface area contributed by atoms with Crippen LogP contribution in [0.3, 0.4) is 0 Å². The Labute approximate surface area is 160 Å². The molecule has 0 radical (unpaired) electrons. The molecular formula is C22H15N3O3. The average molecular weight is 369 g/mol. The van der Waals surface area contributed by atoms with Gasteiger partial charge in [0.1, 0.15) is 5.57 Å². The van der Waals surface area contributed by atoms with Crippen molar-refractivity contribution >= 4 is 40.4 Å². The van der Waals surface area contributed by atoms with Gasteiger partial charge in [-0.05, 0) is 23.8 Å². The number of hydrogen-bond acceptors (Lipinski definition) is 4. The van der Waals surface area contributed by atoms with Crippen molar-refractivity contribution in [1.82, 2.24) is 10.3 Å². The van der Waals surface area contributed by atoms with E-state index >= 15 is 0 Å². The third-order valence-corrected chi connectivity index (χ3v) is 4.35. The monoisotopic (exact) mass is 369 g/mol. The molecule has 0 spiro atoms. The quantitative estimate of drug-likeness (QED) is 0.566. The van der Waals surface area contributed by atoms with Crippen LogP contribution in [0.2, 0.25) is 0 Å². The highest BCUT2D eigenvalue weighted by Crippen LogP contribution is 2.28. The summed E-state index contributed by atoms with van der Waals surface area (Å²) in [5, 5.41) is 3.70. The lowest BCUT2D eigenvalue weighted by Crippen LogP contribution is -2.54. The molecule has 6 nitrogen and oxygen atoms in total. The van der Waals surface area contributed by atoms with Crippen LogP contribution < -0.4 is 10.2 Å². The van der Waals surface area contributed by atoms with E-state index in [1.165, 1.54) is 6.08 Å². The summed E-state index contributed by atoms with van der Waals surface area (Å²) in [5.74, 6) is -1.39. The number of aromatic nitrogens is 1. The molecule has 0 atom stereocenters. The standard InChI is InChI=1S/C22H15N3O3/c26-20-18(10-4-8-15-6-2-1-3-7-15)21(27)25(22(28)24-20)19-11-5-9-16-14-23-13-12-17(16)19/h1-14H,(H,24,26,28). The fourth-order valence-corrected chi connectivity index (χ4v) is 3.02. The molecule has 0 aliphatic carbocycles. The molecule has 136 valence electrons. The third-order valence-electron chi connectivity index (χ3n) is 4.35. The van der Waals surface area contributed by atoms with Crippen molar-refractivity contribution in [1.29, 1.82) is 0 Å². The number of amides is 4. The van der Waals surface area contributed by atoms with Gasteiger partial charge in [-0.15, -0.1) is 0 Å². The largest absolute Gasteiger partial charge is 0.335 e. The lowest BCUT2D eigenvalue weighted by molar-refractivity contribution is -0.122. The van der Waals surface area contributed by atoms with E-state index in [0.717, 1.165) is 15.8 Å². The van der Waals surface area contributed by atoms with E-state index in [1.54, 1.807) is 42.7 Å². The number of barbiturate groups is 1. The van der Waals surface area contributed by atoms with Crippen molar-refractivity contribution in [2.45, 2.75) is 0 Å². The maximum absolute atomic E-state index is 13.0. The summed E-state index contributed by atoms with van der Waals surface area (Å²) in [6.07, 6.45) is 8.04. The Morgan fingerprint density at radius 1 is 0.929 bits per heavy atom. The van der Waals surface area contributed by atoms with Crippen LogP contribution in [0.1, 0.15) is 5.56 Å². The molecule has 1 saturated heterocycles. The van der Waals surface area contributed by atoms with Gasteiger partial charge in [0.05, 0.1) is 5.69 Å². The zero-order chi connectivity index (χ0) is 19.5. The Balaban J connectivity index is 1.72. The number of nitrogens with one attached hydrogen (secondary N) is 1. The predicted molar refractivity (Wildman–Crippen MR) is 106 cm³/mol. The molecule has 1 fully saturated rings. The number of nitrogens with zero attached hydrogens (tertiary/aromatic N) is 2.